The SMILES string of the molecule is CCOC(=O)/C=C/C[C@@H]1[C@@H](OCOC)CCCN1C(=O)OC(C)(C)C. The Morgan fingerprint density at radius 2 is 2.00 bits per heavy atom. The third-order valence-corrected chi connectivity index (χ3v) is 3.66. The fourth-order valence-electron chi connectivity index (χ4n) is 2.69. The molecule has 0 unspecified atom stereocenters. The van der Waals surface area contributed by atoms with Gasteiger partial charge in [-0.2, -0.15) is 0 Å². The summed E-state index contributed by atoms with van der Waals surface area (Å²) < 4.78 is 21.1. The molecular formula is C18H31NO6. The van der Waals surface area contributed by atoms with Gasteiger partial charge in [0.25, 0.3) is 0 Å². The maximum atomic E-state index is 12.5. The number of likely N-dealkylation sites (tertiary alicyclic amines) is 1. The van der Waals surface area contributed by atoms with Gasteiger partial charge in [0.1, 0.15) is 12.4 Å². The second-order valence-corrected chi connectivity index (χ2v) is 6.89. The number of carbonyl (C=O) groups is 2. The molecule has 1 aliphatic rings. The Balaban J connectivity index is 2.83. The number of esters is 1. The first kappa shape index (κ1) is 21.4. The van der Waals surface area contributed by atoms with Gasteiger partial charge in [-0.3, -0.25) is 0 Å². The Kier molecular flexibility index (Phi) is 8.92. The van der Waals surface area contributed by atoms with Crippen LogP contribution in [-0.2, 0) is 23.7 Å². The average Bonchev–Trinajstić information content (AvgIpc) is 2.52. The van der Waals surface area contributed by atoms with Crippen molar-refractivity contribution in [3.8, 4) is 0 Å². The van der Waals surface area contributed by atoms with Gasteiger partial charge >= 0.3 is 12.1 Å². The van der Waals surface area contributed by atoms with Crippen LogP contribution in [0.25, 0.3) is 0 Å². The minimum absolute atomic E-state index is 0.158. The number of methoxy groups -OCH3 is 1. The van der Waals surface area contributed by atoms with Crippen molar-refractivity contribution < 1.29 is 28.5 Å². The maximum absolute atomic E-state index is 12.5. The summed E-state index contributed by atoms with van der Waals surface area (Å²) in [6.07, 6.45) is 4.69. The number of ether oxygens (including phenoxy) is 4. The second kappa shape index (κ2) is 10.4. The third kappa shape index (κ3) is 7.88. The summed E-state index contributed by atoms with van der Waals surface area (Å²) >= 11 is 0. The van der Waals surface area contributed by atoms with Gasteiger partial charge in [0.05, 0.1) is 18.8 Å². The van der Waals surface area contributed by atoms with Gasteiger partial charge in [-0.05, 0) is 47.0 Å². The minimum Gasteiger partial charge on any atom is -0.463 e. The van der Waals surface area contributed by atoms with E-state index < -0.39 is 11.6 Å². The van der Waals surface area contributed by atoms with Crippen molar-refractivity contribution in [2.24, 2.45) is 0 Å². The third-order valence-electron chi connectivity index (χ3n) is 3.66. The predicted octanol–water partition coefficient (Wildman–Crippen LogP) is 2.88. The summed E-state index contributed by atoms with van der Waals surface area (Å²) in [5.74, 6) is -0.392. The highest BCUT2D eigenvalue weighted by Crippen LogP contribution is 2.25. The molecule has 0 aromatic carbocycles. The first-order valence-corrected chi connectivity index (χ1v) is 8.72. The van der Waals surface area contributed by atoms with Crippen molar-refractivity contribution in [1.82, 2.24) is 4.90 Å². The topological polar surface area (TPSA) is 74.3 Å². The lowest BCUT2D eigenvalue weighted by Gasteiger charge is -2.41. The smallest absolute Gasteiger partial charge is 0.410 e. The molecule has 0 saturated carbocycles. The normalized spacial score (nSPS) is 21.4. The zero-order valence-electron chi connectivity index (χ0n) is 15.9. The summed E-state index contributed by atoms with van der Waals surface area (Å²) in [7, 11) is 1.56. The van der Waals surface area contributed by atoms with Crippen molar-refractivity contribution >= 4 is 12.1 Å². The Bertz CT molecular complexity index is 457. The molecule has 7 heteroatoms. The number of amides is 1. The minimum atomic E-state index is -0.567. The first-order valence-electron chi connectivity index (χ1n) is 8.72. The van der Waals surface area contributed by atoms with Gasteiger partial charge in [0.2, 0.25) is 0 Å². The van der Waals surface area contributed by atoms with E-state index in [1.54, 1.807) is 25.0 Å². The fraction of sp³-hybridized carbons (Fsp3) is 0.778. The molecule has 0 radical (unpaired) electrons. The van der Waals surface area contributed by atoms with Gasteiger partial charge in [-0.25, -0.2) is 9.59 Å². The molecule has 1 saturated heterocycles. The molecule has 1 amide bonds. The Hall–Kier alpha value is -1.60. The molecule has 0 aliphatic carbocycles. The van der Waals surface area contributed by atoms with E-state index in [-0.39, 0.29) is 25.0 Å². The molecule has 25 heavy (non-hydrogen) atoms. The predicted molar refractivity (Wildman–Crippen MR) is 93.1 cm³/mol. The Morgan fingerprint density at radius 1 is 1.28 bits per heavy atom. The summed E-state index contributed by atoms with van der Waals surface area (Å²) in [5, 5.41) is 0. The molecule has 1 aliphatic heterocycles. The van der Waals surface area contributed by atoms with Crippen molar-refractivity contribution in [3.63, 3.8) is 0 Å². The van der Waals surface area contributed by atoms with Crippen molar-refractivity contribution in [1.29, 1.82) is 0 Å². The van der Waals surface area contributed by atoms with E-state index in [2.05, 4.69) is 0 Å². The van der Waals surface area contributed by atoms with E-state index in [0.717, 1.165) is 12.8 Å². The number of hydrogen-bond donors (Lipinski definition) is 0. The van der Waals surface area contributed by atoms with Gasteiger partial charge in [-0.1, -0.05) is 6.08 Å². The highest BCUT2D eigenvalue weighted by atomic mass is 16.7. The molecule has 0 bridgehead atoms. The maximum Gasteiger partial charge on any atom is 0.410 e. The second-order valence-electron chi connectivity index (χ2n) is 6.89. The molecule has 0 N–H and O–H groups in total. The van der Waals surface area contributed by atoms with Crippen molar-refractivity contribution in [3.05, 3.63) is 12.2 Å². The summed E-state index contributed by atoms with van der Waals surface area (Å²) in [6, 6.07) is -0.218. The van der Waals surface area contributed by atoms with Crippen LogP contribution in [0.15, 0.2) is 12.2 Å². The van der Waals surface area contributed by atoms with Gasteiger partial charge in [0.15, 0.2) is 0 Å². The van der Waals surface area contributed by atoms with Crippen LogP contribution in [0.2, 0.25) is 0 Å². The number of carbonyl (C=O) groups excluding carboxylic acids is 2. The molecule has 0 aromatic heterocycles. The number of piperidine rings is 1. The van der Waals surface area contributed by atoms with Gasteiger partial charge in [0, 0.05) is 19.7 Å². The van der Waals surface area contributed by atoms with Crippen LogP contribution in [0.5, 0.6) is 0 Å². The molecule has 1 heterocycles. The van der Waals surface area contributed by atoms with Gasteiger partial charge < -0.3 is 23.8 Å². The fourth-order valence-corrected chi connectivity index (χ4v) is 2.69. The monoisotopic (exact) mass is 357 g/mol. The lowest BCUT2D eigenvalue weighted by Crippen LogP contribution is -2.53. The van der Waals surface area contributed by atoms with E-state index in [1.165, 1.54) is 6.08 Å². The van der Waals surface area contributed by atoms with Crippen LogP contribution in [0.3, 0.4) is 0 Å². The quantitative estimate of drug-likeness (QED) is 0.396. The molecule has 2 atom stereocenters. The summed E-state index contributed by atoms with van der Waals surface area (Å²) in [4.78, 5) is 25.7. The van der Waals surface area contributed by atoms with Crippen LogP contribution in [0.4, 0.5) is 4.79 Å². The first-order chi connectivity index (χ1) is 11.8. The van der Waals surface area contributed by atoms with E-state index in [1.807, 2.05) is 20.8 Å². The zero-order chi connectivity index (χ0) is 18.9. The lowest BCUT2D eigenvalue weighted by atomic mass is 9.96. The molecular weight excluding hydrogens is 326 g/mol. The van der Waals surface area contributed by atoms with Crippen LogP contribution in [0, 0.1) is 0 Å². The number of rotatable bonds is 7. The largest absolute Gasteiger partial charge is 0.463 e. The Morgan fingerprint density at radius 3 is 2.60 bits per heavy atom. The van der Waals surface area contributed by atoms with E-state index >= 15 is 0 Å². The van der Waals surface area contributed by atoms with Crippen LogP contribution in [-0.4, -0.2) is 61.8 Å². The van der Waals surface area contributed by atoms with E-state index in [0.29, 0.717) is 19.6 Å². The van der Waals surface area contributed by atoms with Crippen LogP contribution >= 0.6 is 0 Å². The summed E-state index contributed by atoms with van der Waals surface area (Å²) in [6.45, 7) is 8.35. The molecule has 144 valence electrons. The van der Waals surface area contributed by atoms with Gasteiger partial charge in [-0.15, -0.1) is 0 Å². The zero-order valence-corrected chi connectivity index (χ0v) is 15.9. The van der Waals surface area contributed by atoms with Crippen molar-refractivity contribution in [2.75, 3.05) is 27.1 Å². The summed E-state index contributed by atoms with van der Waals surface area (Å²) in [5.41, 5.74) is -0.567. The number of nitrogens with zero attached hydrogens (tertiary/aromatic N) is 1. The molecule has 1 rings (SSSR count). The highest BCUT2D eigenvalue weighted by molar-refractivity contribution is 5.81. The van der Waals surface area contributed by atoms with E-state index in [4.69, 9.17) is 18.9 Å². The molecule has 0 aromatic rings. The van der Waals surface area contributed by atoms with Crippen molar-refractivity contribution in [2.45, 2.75) is 64.7 Å². The van der Waals surface area contributed by atoms with E-state index in [9.17, 15) is 9.59 Å². The molecule has 1 fully saturated rings. The number of hydrogen-bond acceptors (Lipinski definition) is 6. The standard InChI is InChI=1S/C18H31NO6/c1-6-23-16(20)11-7-9-14-15(24-13-22-5)10-8-12-19(14)17(21)25-18(2,3)4/h7,11,14-15H,6,8-10,12-13H2,1-5H3/b11-7+/t14-,15+/m1/s1. The Labute approximate surface area is 150 Å². The average molecular weight is 357 g/mol. The highest BCUT2D eigenvalue weighted by Gasteiger charge is 2.36. The van der Waals surface area contributed by atoms with Crippen LogP contribution < -0.4 is 0 Å². The molecule has 0 spiro atoms. The van der Waals surface area contributed by atoms with Crippen LogP contribution in [0.1, 0.15) is 47.0 Å². The molecule has 7 nitrogen and oxygen atoms in total. The lowest BCUT2D eigenvalue weighted by molar-refractivity contribution is -0.137.